The first-order valence-corrected chi connectivity index (χ1v) is 4.47. The van der Waals surface area contributed by atoms with E-state index in [0.29, 0.717) is 5.56 Å². The fourth-order valence-electron chi connectivity index (χ4n) is 0.921. The maximum atomic E-state index is 10.9. The molecule has 0 amide bonds. The number of carbonyl (C=O) groups excluding carboxylic acids is 1. The Hall–Kier alpha value is -0.830. The van der Waals surface area contributed by atoms with E-state index in [2.05, 4.69) is 15.9 Å². The summed E-state index contributed by atoms with van der Waals surface area (Å²) >= 11 is 3.19. The first-order chi connectivity index (χ1) is 5.63. The fraction of sp³-hybridized carbons (Fsp3) is 0.222. The molecule has 0 saturated carbocycles. The van der Waals surface area contributed by atoms with Crippen LogP contribution in [0.2, 0.25) is 0 Å². The molecule has 1 unspecified atom stereocenters. The number of carbonyl (C=O) groups is 1. The first-order valence-electron chi connectivity index (χ1n) is 3.55. The minimum Gasteiger partial charge on any atom is -0.508 e. The van der Waals surface area contributed by atoms with Gasteiger partial charge in [-0.2, -0.15) is 0 Å². The van der Waals surface area contributed by atoms with Crippen LogP contribution in [0.25, 0.3) is 0 Å². The van der Waals surface area contributed by atoms with Crippen molar-refractivity contribution in [1.82, 2.24) is 0 Å². The van der Waals surface area contributed by atoms with Crippen molar-refractivity contribution in [1.29, 1.82) is 0 Å². The molecule has 0 bridgehead atoms. The van der Waals surface area contributed by atoms with Gasteiger partial charge in [0, 0.05) is 5.56 Å². The predicted octanol–water partition coefficient (Wildman–Crippen LogP) is 2.42. The molecule has 0 aromatic heterocycles. The zero-order valence-corrected chi connectivity index (χ0v) is 8.21. The summed E-state index contributed by atoms with van der Waals surface area (Å²) in [6.07, 6.45) is 0. The average molecular weight is 229 g/mol. The molecule has 1 aromatic carbocycles. The summed E-state index contributed by atoms with van der Waals surface area (Å²) in [6, 6.07) is 6.79. The van der Waals surface area contributed by atoms with Crippen LogP contribution in [0.15, 0.2) is 24.3 Å². The van der Waals surface area contributed by atoms with E-state index in [0.717, 1.165) is 0 Å². The number of alkyl halides is 1. The Morgan fingerprint density at radius 1 is 1.50 bits per heavy atom. The Labute approximate surface area is 79.3 Å². The van der Waals surface area contributed by atoms with E-state index in [9.17, 15) is 9.90 Å². The molecule has 3 heteroatoms. The number of benzene rings is 1. The number of ketones is 1. The molecular weight excluding hydrogens is 220 g/mol. The number of phenolic OH excluding ortho intramolecular Hbond substituents is 1. The summed E-state index contributed by atoms with van der Waals surface area (Å²) in [6.45, 7) is 1.48. The standard InChI is InChI=1S/C9H9BrO2/c1-6(11)9(10)7-4-2-3-5-8(7)12/h2-5,9,12H,1H3. The molecule has 1 aromatic rings. The number of rotatable bonds is 2. The summed E-state index contributed by atoms with van der Waals surface area (Å²) in [5.41, 5.74) is 0.616. The molecule has 1 rings (SSSR count). The third-order valence-electron chi connectivity index (χ3n) is 1.57. The molecule has 0 fully saturated rings. The summed E-state index contributed by atoms with van der Waals surface area (Å²) in [7, 11) is 0. The largest absolute Gasteiger partial charge is 0.508 e. The van der Waals surface area contributed by atoms with E-state index in [1.807, 2.05) is 0 Å². The van der Waals surface area contributed by atoms with Crippen molar-refractivity contribution >= 4 is 21.7 Å². The molecule has 0 aliphatic rings. The zero-order chi connectivity index (χ0) is 9.14. The van der Waals surface area contributed by atoms with Gasteiger partial charge in [0.25, 0.3) is 0 Å². The predicted molar refractivity (Wildman–Crippen MR) is 50.5 cm³/mol. The smallest absolute Gasteiger partial charge is 0.147 e. The van der Waals surface area contributed by atoms with Gasteiger partial charge in [-0.3, -0.25) is 4.79 Å². The van der Waals surface area contributed by atoms with Gasteiger partial charge < -0.3 is 5.11 Å². The summed E-state index contributed by atoms with van der Waals surface area (Å²) in [4.78, 5) is 10.5. The number of aromatic hydroxyl groups is 1. The second-order valence-corrected chi connectivity index (χ2v) is 3.45. The van der Waals surface area contributed by atoms with Gasteiger partial charge >= 0.3 is 0 Å². The first kappa shape index (κ1) is 9.26. The number of phenols is 1. The molecule has 2 nitrogen and oxygen atoms in total. The van der Waals surface area contributed by atoms with Crippen LogP contribution < -0.4 is 0 Å². The number of para-hydroxylation sites is 1. The lowest BCUT2D eigenvalue weighted by atomic mass is 10.1. The molecular formula is C9H9BrO2. The maximum absolute atomic E-state index is 10.9. The minimum atomic E-state index is -0.404. The SMILES string of the molecule is CC(=O)C(Br)c1ccccc1O. The van der Waals surface area contributed by atoms with Gasteiger partial charge in [0.1, 0.15) is 16.4 Å². The molecule has 0 aliphatic heterocycles. The average Bonchev–Trinajstić information content (AvgIpc) is 2.04. The number of hydrogen-bond donors (Lipinski definition) is 1. The molecule has 0 heterocycles. The van der Waals surface area contributed by atoms with Gasteiger partial charge in [0.15, 0.2) is 0 Å². The van der Waals surface area contributed by atoms with Crippen molar-refractivity contribution in [2.75, 3.05) is 0 Å². The van der Waals surface area contributed by atoms with Crippen LogP contribution in [0.3, 0.4) is 0 Å². The van der Waals surface area contributed by atoms with Crippen molar-refractivity contribution in [3.05, 3.63) is 29.8 Å². The highest BCUT2D eigenvalue weighted by molar-refractivity contribution is 9.09. The van der Waals surface area contributed by atoms with Crippen LogP contribution in [-0.2, 0) is 4.79 Å². The second kappa shape index (κ2) is 3.72. The normalized spacial score (nSPS) is 12.5. The summed E-state index contributed by atoms with van der Waals surface area (Å²) in [5, 5.41) is 9.35. The van der Waals surface area contributed by atoms with E-state index in [4.69, 9.17) is 0 Å². The van der Waals surface area contributed by atoms with E-state index in [-0.39, 0.29) is 11.5 Å². The van der Waals surface area contributed by atoms with Gasteiger partial charge in [-0.15, -0.1) is 0 Å². The third-order valence-corrected chi connectivity index (χ3v) is 2.70. The second-order valence-electron chi connectivity index (χ2n) is 2.53. The number of halogens is 1. The van der Waals surface area contributed by atoms with Gasteiger partial charge in [0.2, 0.25) is 0 Å². The molecule has 0 aliphatic carbocycles. The van der Waals surface area contributed by atoms with Crippen LogP contribution in [0.1, 0.15) is 17.3 Å². The van der Waals surface area contributed by atoms with Crippen LogP contribution in [-0.4, -0.2) is 10.9 Å². The van der Waals surface area contributed by atoms with E-state index in [1.54, 1.807) is 24.3 Å². The van der Waals surface area contributed by atoms with E-state index < -0.39 is 4.83 Å². The number of hydrogen-bond acceptors (Lipinski definition) is 2. The lowest BCUT2D eigenvalue weighted by Crippen LogP contribution is -2.00. The van der Waals surface area contributed by atoms with Crippen molar-refractivity contribution in [2.45, 2.75) is 11.8 Å². The Bertz CT molecular complexity index is 296. The van der Waals surface area contributed by atoms with Crippen LogP contribution in [0.4, 0.5) is 0 Å². The fourth-order valence-corrected chi connectivity index (χ4v) is 1.31. The monoisotopic (exact) mass is 228 g/mol. The Morgan fingerprint density at radius 3 is 2.58 bits per heavy atom. The third kappa shape index (κ3) is 1.85. The Balaban J connectivity index is 3.02. The van der Waals surface area contributed by atoms with Crippen molar-refractivity contribution in [3.8, 4) is 5.75 Å². The van der Waals surface area contributed by atoms with Crippen molar-refractivity contribution < 1.29 is 9.90 Å². The topological polar surface area (TPSA) is 37.3 Å². The lowest BCUT2D eigenvalue weighted by Gasteiger charge is -2.07. The Morgan fingerprint density at radius 2 is 2.08 bits per heavy atom. The molecule has 64 valence electrons. The molecule has 0 spiro atoms. The van der Waals surface area contributed by atoms with Gasteiger partial charge in [-0.25, -0.2) is 0 Å². The van der Waals surface area contributed by atoms with Crippen LogP contribution in [0.5, 0.6) is 5.75 Å². The maximum Gasteiger partial charge on any atom is 0.147 e. The Kier molecular flexibility index (Phi) is 2.87. The van der Waals surface area contributed by atoms with Crippen molar-refractivity contribution in [2.24, 2.45) is 0 Å². The molecule has 0 radical (unpaired) electrons. The van der Waals surface area contributed by atoms with Crippen LogP contribution >= 0.6 is 15.9 Å². The van der Waals surface area contributed by atoms with Gasteiger partial charge in [0.05, 0.1) is 0 Å². The summed E-state index contributed by atoms with van der Waals surface area (Å²) < 4.78 is 0. The van der Waals surface area contributed by atoms with Gasteiger partial charge in [-0.05, 0) is 13.0 Å². The quantitative estimate of drug-likeness (QED) is 0.790. The minimum absolute atomic E-state index is 0.0171. The van der Waals surface area contributed by atoms with E-state index >= 15 is 0 Å². The molecule has 1 N–H and O–H groups in total. The molecule has 12 heavy (non-hydrogen) atoms. The molecule has 1 atom stereocenters. The lowest BCUT2D eigenvalue weighted by molar-refractivity contribution is -0.116. The highest BCUT2D eigenvalue weighted by atomic mass is 79.9. The zero-order valence-electron chi connectivity index (χ0n) is 6.62. The highest BCUT2D eigenvalue weighted by Crippen LogP contribution is 2.30. The van der Waals surface area contributed by atoms with Gasteiger partial charge in [-0.1, -0.05) is 34.1 Å². The van der Waals surface area contributed by atoms with Crippen molar-refractivity contribution in [3.63, 3.8) is 0 Å². The van der Waals surface area contributed by atoms with E-state index in [1.165, 1.54) is 6.92 Å². The highest BCUT2D eigenvalue weighted by Gasteiger charge is 2.15. The van der Waals surface area contributed by atoms with Crippen LogP contribution in [0, 0.1) is 0 Å². The summed E-state index contributed by atoms with van der Waals surface area (Å²) in [5.74, 6) is 0.131. The number of Topliss-reactive ketones (excluding diaryl/α,β-unsaturated/α-hetero) is 1. The molecule has 0 saturated heterocycles.